The predicted molar refractivity (Wildman–Crippen MR) is 111 cm³/mol. The van der Waals surface area contributed by atoms with Crippen LogP contribution in [0.1, 0.15) is 15.9 Å². The lowest BCUT2D eigenvalue weighted by Crippen LogP contribution is -2.39. The van der Waals surface area contributed by atoms with Crippen LogP contribution < -0.4 is 30.8 Å². The number of carbonyl (C=O) groups is 1. The second kappa shape index (κ2) is 8.26. The zero-order valence-corrected chi connectivity index (χ0v) is 16.6. The number of amides is 1. The molecule has 0 bridgehead atoms. The van der Waals surface area contributed by atoms with Crippen molar-refractivity contribution in [1.82, 2.24) is 9.55 Å². The first-order valence-corrected chi connectivity index (χ1v) is 9.22. The second-order valence-electron chi connectivity index (χ2n) is 6.68. The van der Waals surface area contributed by atoms with Gasteiger partial charge in [-0.1, -0.05) is 6.07 Å². The van der Waals surface area contributed by atoms with E-state index in [9.17, 15) is 24.5 Å². The van der Waals surface area contributed by atoms with Crippen LogP contribution >= 0.6 is 0 Å². The topological polar surface area (TPSA) is 155 Å². The largest absolute Gasteiger partial charge is 0.496 e. The Kier molecular flexibility index (Phi) is 5.33. The first-order valence-electron chi connectivity index (χ1n) is 9.22. The van der Waals surface area contributed by atoms with E-state index < -0.39 is 33.3 Å². The van der Waals surface area contributed by atoms with Gasteiger partial charge in [0.25, 0.3) is 17.2 Å². The normalized spacial score (nSPS) is 11.8. The summed E-state index contributed by atoms with van der Waals surface area (Å²) in [5, 5.41) is 13.7. The molecule has 0 aliphatic carbocycles. The minimum absolute atomic E-state index is 0.0759. The number of ether oxygens (including phenoxy) is 3. The molecule has 0 spiro atoms. The molecule has 0 saturated heterocycles. The summed E-state index contributed by atoms with van der Waals surface area (Å²) in [7, 11) is 1.35. The quantitative estimate of drug-likeness (QED) is 0.431. The van der Waals surface area contributed by atoms with Crippen LogP contribution in [0.4, 0.5) is 11.4 Å². The number of nitro benzene ring substituents is 1. The van der Waals surface area contributed by atoms with Gasteiger partial charge in [-0.25, -0.2) is 4.79 Å². The smallest absolute Gasteiger partial charge is 0.328 e. The highest BCUT2D eigenvalue weighted by Crippen LogP contribution is 2.32. The van der Waals surface area contributed by atoms with Gasteiger partial charge < -0.3 is 24.5 Å². The fraction of sp³-hybridized carbons (Fsp3) is 0.150. The number of H-pyrrole nitrogens is 1. The molecule has 3 aromatic rings. The maximum Gasteiger partial charge on any atom is 0.328 e. The minimum atomic E-state index is -0.918. The Morgan fingerprint density at radius 3 is 2.75 bits per heavy atom. The Hall–Kier alpha value is -4.61. The molecular weight excluding hydrogens is 424 g/mol. The molecule has 0 unspecified atom stereocenters. The lowest BCUT2D eigenvalue weighted by atomic mass is 10.2. The van der Waals surface area contributed by atoms with Crippen molar-refractivity contribution in [3.8, 4) is 17.2 Å². The third kappa shape index (κ3) is 3.88. The van der Waals surface area contributed by atoms with Gasteiger partial charge in [-0.2, -0.15) is 0 Å². The number of anilines is 1. The molecule has 164 valence electrons. The van der Waals surface area contributed by atoms with Gasteiger partial charge in [-0.05, 0) is 29.8 Å². The van der Waals surface area contributed by atoms with Crippen LogP contribution in [-0.4, -0.2) is 34.3 Å². The Morgan fingerprint density at radius 1 is 1.22 bits per heavy atom. The zero-order valence-electron chi connectivity index (χ0n) is 16.6. The third-order valence-electron chi connectivity index (χ3n) is 4.73. The van der Waals surface area contributed by atoms with E-state index in [1.165, 1.54) is 19.2 Å². The van der Waals surface area contributed by atoms with E-state index in [2.05, 4.69) is 10.3 Å². The molecule has 4 rings (SSSR count). The predicted octanol–water partition coefficient (Wildman–Crippen LogP) is 1.48. The molecule has 1 amide bonds. The summed E-state index contributed by atoms with van der Waals surface area (Å²) in [6.07, 6.45) is 0.964. The number of carbonyl (C=O) groups excluding carboxylic acids is 1. The van der Waals surface area contributed by atoms with Gasteiger partial charge in [0.05, 0.1) is 24.6 Å². The van der Waals surface area contributed by atoms with Gasteiger partial charge in [-0.3, -0.25) is 24.3 Å². The van der Waals surface area contributed by atoms with E-state index >= 15 is 0 Å². The van der Waals surface area contributed by atoms with Crippen molar-refractivity contribution < 1.29 is 23.9 Å². The summed E-state index contributed by atoms with van der Waals surface area (Å²) in [6.45, 7) is -0.0545. The summed E-state index contributed by atoms with van der Waals surface area (Å²) < 4.78 is 16.3. The molecule has 0 radical (unpaired) electrons. The van der Waals surface area contributed by atoms with Crippen molar-refractivity contribution in [2.24, 2.45) is 0 Å². The van der Waals surface area contributed by atoms with Crippen LogP contribution in [0.25, 0.3) is 0 Å². The highest BCUT2D eigenvalue weighted by Gasteiger charge is 2.21. The fourth-order valence-corrected chi connectivity index (χ4v) is 3.12. The lowest BCUT2D eigenvalue weighted by molar-refractivity contribution is -0.384. The Labute approximate surface area is 179 Å². The molecule has 0 saturated carbocycles. The summed E-state index contributed by atoms with van der Waals surface area (Å²) in [5.41, 5.74) is -1.95. The first-order chi connectivity index (χ1) is 15.4. The molecule has 1 aliphatic heterocycles. The number of nitrogens with zero attached hydrogens (tertiary/aromatic N) is 2. The highest BCUT2D eigenvalue weighted by atomic mass is 16.7. The van der Waals surface area contributed by atoms with Crippen LogP contribution in [-0.2, 0) is 6.54 Å². The second-order valence-corrected chi connectivity index (χ2v) is 6.68. The number of fused-ring (bicyclic) bond motifs is 1. The van der Waals surface area contributed by atoms with Gasteiger partial charge in [-0.15, -0.1) is 0 Å². The Bertz CT molecular complexity index is 1340. The molecule has 0 atom stereocenters. The number of nitro groups is 1. The van der Waals surface area contributed by atoms with Gasteiger partial charge in [0.15, 0.2) is 11.5 Å². The number of hydrogen-bond acceptors (Lipinski definition) is 8. The van der Waals surface area contributed by atoms with Crippen molar-refractivity contribution in [2.75, 3.05) is 19.2 Å². The minimum Gasteiger partial charge on any atom is -0.496 e. The molecule has 2 aromatic carbocycles. The Balaban J connectivity index is 1.64. The van der Waals surface area contributed by atoms with Gasteiger partial charge in [0.2, 0.25) is 6.79 Å². The molecule has 32 heavy (non-hydrogen) atoms. The van der Waals surface area contributed by atoms with Crippen LogP contribution in [0, 0.1) is 10.1 Å². The van der Waals surface area contributed by atoms with E-state index in [4.69, 9.17) is 14.2 Å². The van der Waals surface area contributed by atoms with Crippen molar-refractivity contribution in [3.05, 3.63) is 84.7 Å². The van der Waals surface area contributed by atoms with Gasteiger partial charge >= 0.3 is 5.69 Å². The lowest BCUT2D eigenvalue weighted by Gasteiger charge is -2.09. The van der Waals surface area contributed by atoms with E-state index in [0.29, 0.717) is 17.1 Å². The number of aromatic amines is 1. The monoisotopic (exact) mass is 440 g/mol. The number of hydrogen-bond donors (Lipinski definition) is 2. The zero-order chi connectivity index (χ0) is 22.8. The first kappa shape index (κ1) is 20.7. The highest BCUT2D eigenvalue weighted by molar-refractivity contribution is 6.05. The molecule has 2 N–H and O–H groups in total. The molecule has 1 aliphatic rings. The van der Waals surface area contributed by atoms with E-state index in [0.717, 1.165) is 16.8 Å². The van der Waals surface area contributed by atoms with Crippen molar-refractivity contribution >= 4 is 17.3 Å². The number of methoxy groups -OCH3 is 1. The molecule has 12 nitrogen and oxygen atoms in total. The molecule has 2 heterocycles. The van der Waals surface area contributed by atoms with E-state index in [1.54, 1.807) is 18.2 Å². The van der Waals surface area contributed by atoms with Crippen molar-refractivity contribution in [3.63, 3.8) is 0 Å². The van der Waals surface area contributed by atoms with Gasteiger partial charge in [0.1, 0.15) is 17.0 Å². The number of nitrogens with one attached hydrogen (secondary N) is 2. The van der Waals surface area contributed by atoms with Crippen LogP contribution in [0.15, 0.2) is 52.2 Å². The molecule has 1 aromatic heterocycles. The maximum absolute atomic E-state index is 12.9. The summed E-state index contributed by atoms with van der Waals surface area (Å²) in [4.78, 5) is 50.8. The molecule has 0 fully saturated rings. The van der Waals surface area contributed by atoms with Crippen LogP contribution in [0.2, 0.25) is 0 Å². The van der Waals surface area contributed by atoms with E-state index in [-0.39, 0.29) is 24.8 Å². The van der Waals surface area contributed by atoms with Crippen LogP contribution in [0.5, 0.6) is 17.2 Å². The van der Waals surface area contributed by atoms with Crippen molar-refractivity contribution in [1.29, 1.82) is 0 Å². The average molecular weight is 440 g/mol. The summed E-state index contributed by atoms with van der Waals surface area (Å²) in [6, 6.07) is 8.78. The number of aromatic nitrogens is 2. The Morgan fingerprint density at radius 2 is 2.00 bits per heavy atom. The third-order valence-corrected chi connectivity index (χ3v) is 4.73. The SMILES string of the molecule is COc1ccc(NC(=O)c2c[nH]c(=O)n(Cc3ccc4c(c3)OCO4)c2=O)c([N+](=O)[O-])c1. The average Bonchev–Trinajstić information content (AvgIpc) is 3.24. The fourth-order valence-electron chi connectivity index (χ4n) is 3.12. The van der Waals surface area contributed by atoms with Crippen LogP contribution in [0.3, 0.4) is 0 Å². The number of rotatable bonds is 6. The number of benzene rings is 2. The summed E-state index contributed by atoms with van der Waals surface area (Å²) in [5.74, 6) is 0.334. The maximum atomic E-state index is 12.9. The van der Waals surface area contributed by atoms with Crippen molar-refractivity contribution in [2.45, 2.75) is 6.54 Å². The standard InChI is InChI=1S/C20H16N4O8/c1-30-12-3-4-14(15(7-12)24(28)29)22-18(25)13-8-21-20(27)23(19(13)26)9-11-2-5-16-17(6-11)32-10-31-16/h2-8H,9-10H2,1H3,(H,21,27)(H,22,25). The summed E-state index contributed by atoms with van der Waals surface area (Å²) >= 11 is 0. The molecular formula is C20H16N4O8. The van der Waals surface area contributed by atoms with Gasteiger partial charge in [0, 0.05) is 6.20 Å². The molecule has 12 heteroatoms. The van der Waals surface area contributed by atoms with E-state index in [1.807, 2.05) is 0 Å².